The standard InChI is InChI=1S/C37H50N4O5S.C25H35NO4S.C13H17ClN2O.C6H3Cl2NO.C6H14N2.C6H15N.Na/c1-24-6-8-25(9-7-24)35(43)41(31-23-30(14-18-37(2,3)4)47-33(31)36(44)45)28-10-12-29(13-11-28)46-32-22-26(15-19-38-32)34(42)39-27-16-20-40(5)21-17-27;1-16-5-7-17(8-6-16)23(28)26(18-9-11-19(27)12-10-18)21-15-20(13-14-25(2,3)4)31-22(21)24(29)30;1-16-6-3-10(4-7-16)8-12(17)11-2-5-15-13(14)9-11;7-5-3-4(6(8)10)1-2-9-5;1-8-4-2-6(7)3-5-8;1-4-7(5-2)6-3;/h15,19,22-25,27-29H,6-13,16-17,20-21H2,1-5H3,(H,39,42)(H,44,45);15-19,27H,5-12H2,1-4H3,(H,29,30);2,5,9-10H,3-4,6-8H2,1H3;1-3H;6H,2-5,7H2,1H3;4-6H2,1-3H3;/q;;;;;;+1/p-1. The number of nitrogens with zero attached hydrogens (tertiary/aromatic N) is 9. The van der Waals surface area contributed by atoms with Crippen molar-refractivity contribution in [3.63, 3.8) is 0 Å². The van der Waals surface area contributed by atoms with Crippen LogP contribution >= 0.6 is 57.5 Å². The predicted octanol–water partition coefficient (Wildman–Crippen LogP) is 13.7. The van der Waals surface area contributed by atoms with Crippen molar-refractivity contribution in [3.05, 3.63) is 114 Å². The molecule has 0 radical (unpaired) electrons. The fourth-order valence-electron chi connectivity index (χ4n) is 15.8. The number of hydrogen-bond acceptors (Lipinski definition) is 20. The second kappa shape index (κ2) is 51.6. The van der Waals surface area contributed by atoms with Crippen molar-refractivity contribution in [1.29, 1.82) is 0 Å². The smallest absolute Gasteiger partial charge is 0.544 e. The number of piperidine rings is 3. The summed E-state index contributed by atoms with van der Waals surface area (Å²) in [6, 6.07) is 13.7. The summed E-state index contributed by atoms with van der Waals surface area (Å²) in [6.45, 7) is 33.1. The SMILES string of the molecule is CC1CCC(C(=O)N(c2cc(C#CC(C)(C)C)sc2C(=O)O)C2CCC(O)CC2)CC1.CC1CCC(C(=O)N(c2cc(C#CC(C)(C)C)sc2C(=O)[O-])C2CCC(Oc3cc(C(=O)NC4CCN(C)CC4)ccn3)CC2)CC1.CCN(CC)CC.CN1CCC(CC(=O)c2ccnc(Cl)c2)CC1.CN1CCC(N)CC1.O=C(Cl)c1ccnc(Cl)c1.[Na+]. The van der Waals surface area contributed by atoms with Crippen molar-refractivity contribution in [2.24, 2.45) is 46.2 Å². The number of carboxylic acid groups (broad SMARTS) is 2. The minimum absolute atomic E-state index is 0. The molecule has 8 heterocycles. The van der Waals surface area contributed by atoms with Gasteiger partial charge in [-0.1, -0.05) is 81.5 Å². The molecule has 5 aromatic rings. The number of carbonyl (C=O) groups excluding carboxylic acids is 6. The molecule has 4 saturated carbocycles. The van der Waals surface area contributed by atoms with E-state index in [1.807, 2.05) is 41.5 Å². The summed E-state index contributed by atoms with van der Waals surface area (Å²) >= 11 is 18.6. The second-order valence-electron chi connectivity index (χ2n) is 35.7. The van der Waals surface area contributed by atoms with Gasteiger partial charge in [0, 0.05) is 94.6 Å². The number of carbonyl (C=O) groups is 7. The van der Waals surface area contributed by atoms with Gasteiger partial charge in [-0.05, 0) is 335 Å². The van der Waals surface area contributed by atoms with E-state index >= 15 is 0 Å². The summed E-state index contributed by atoms with van der Waals surface area (Å²) in [7, 11) is 6.37. The van der Waals surface area contributed by atoms with Gasteiger partial charge < -0.3 is 65.3 Å². The van der Waals surface area contributed by atoms with Crippen LogP contribution in [-0.2, 0) is 9.59 Å². The number of ketones is 1. The van der Waals surface area contributed by atoms with Crippen LogP contribution in [0, 0.1) is 64.1 Å². The number of rotatable bonds is 19. The molecule has 0 aromatic carbocycles. The fraction of sp³-hybridized carbons (Fsp3) is 0.634. The molecule has 7 aliphatic rings. The number of ether oxygens (including phenoxy) is 1. The average molecular weight is 1770 g/mol. The van der Waals surface area contributed by atoms with Crippen LogP contribution in [0.3, 0.4) is 0 Å². The van der Waals surface area contributed by atoms with Gasteiger partial charge in [0.15, 0.2) is 5.78 Å². The van der Waals surface area contributed by atoms with Crippen molar-refractivity contribution in [2.45, 2.75) is 260 Å². The molecule has 22 nitrogen and oxygen atoms in total. The molecule has 28 heteroatoms. The number of nitrogens with one attached hydrogen (secondary N) is 1. The molecule has 0 bridgehead atoms. The Morgan fingerprint density at radius 2 is 0.983 bits per heavy atom. The van der Waals surface area contributed by atoms with Crippen molar-refractivity contribution in [2.75, 3.05) is 89.8 Å². The summed E-state index contributed by atoms with van der Waals surface area (Å²) in [4.78, 5) is 114. The van der Waals surface area contributed by atoms with Gasteiger partial charge in [-0.15, -0.1) is 22.7 Å². The molecule has 3 saturated heterocycles. The number of aromatic carboxylic acids is 2. The maximum absolute atomic E-state index is 14.2. The molecule has 4 aliphatic carbocycles. The quantitative estimate of drug-likeness (QED) is 0.0196. The molecule has 660 valence electrons. The number of aliphatic hydroxyl groups is 1. The third-order valence-corrected chi connectivity index (χ3v) is 26.1. The van der Waals surface area contributed by atoms with E-state index in [0.717, 1.165) is 126 Å². The van der Waals surface area contributed by atoms with E-state index in [1.54, 1.807) is 58.6 Å². The molecule has 12 rings (SSSR count). The number of thiophene rings is 2. The predicted molar refractivity (Wildman–Crippen MR) is 483 cm³/mol. The summed E-state index contributed by atoms with van der Waals surface area (Å²) in [5.74, 6) is 12.4. The van der Waals surface area contributed by atoms with E-state index in [4.69, 9.17) is 45.3 Å². The zero-order chi connectivity index (χ0) is 88.0. The normalized spacial score (nSPS) is 21.9. The number of carboxylic acids is 2. The van der Waals surface area contributed by atoms with Gasteiger partial charge in [0.25, 0.3) is 11.1 Å². The number of amides is 3. The third-order valence-electron chi connectivity index (χ3n) is 23.4. The van der Waals surface area contributed by atoms with Gasteiger partial charge in [-0.25, -0.2) is 19.7 Å². The monoisotopic (exact) mass is 1770 g/mol. The van der Waals surface area contributed by atoms with E-state index in [-0.39, 0.29) is 121 Å². The van der Waals surface area contributed by atoms with Crippen molar-refractivity contribution in [3.8, 4) is 29.6 Å². The van der Waals surface area contributed by atoms with Gasteiger partial charge in [0.2, 0.25) is 17.7 Å². The number of anilines is 2. The van der Waals surface area contributed by atoms with Crippen LogP contribution in [0.1, 0.15) is 284 Å². The molecule has 5 aromatic heterocycles. The molecular weight excluding hydrogens is 1640 g/mol. The summed E-state index contributed by atoms with van der Waals surface area (Å²) < 4.78 is 6.28. The molecule has 0 unspecified atom stereocenters. The van der Waals surface area contributed by atoms with Crippen molar-refractivity contribution < 1.29 is 83.2 Å². The van der Waals surface area contributed by atoms with E-state index in [2.05, 4.69) is 119 Å². The Kier molecular flexibility index (Phi) is 44.3. The number of halogens is 3. The number of pyridine rings is 3. The fourth-order valence-corrected chi connectivity index (χ4v) is 18.0. The topological polar surface area (TPSA) is 288 Å². The number of Topliss-reactive ketones (excluding diaryl/α,β-unsaturated/α-hetero) is 1. The Morgan fingerprint density at radius 1 is 0.570 bits per heavy atom. The first-order chi connectivity index (χ1) is 56.9. The van der Waals surface area contributed by atoms with Crippen molar-refractivity contribution >= 4 is 110 Å². The third kappa shape index (κ3) is 35.8. The Bertz CT molecular complexity index is 4210. The van der Waals surface area contributed by atoms with Gasteiger partial charge >= 0.3 is 35.5 Å². The number of aromatic nitrogens is 3. The zero-order valence-electron chi connectivity index (χ0n) is 74.5. The Hall–Kier alpha value is -5.91. The molecule has 121 heavy (non-hydrogen) atoms. The second-order valence-corrected chi connectivity index (χ2v) is 38.9. The number of likely N-dealkylation sites (tertiary alicyclic amines) is 3. The maximum Gasteiger partial charge on any atom is 1.00 e. The molecule has 7 fully saturated rings. The molecule has 3 aliphatic heterocycles. The molecule has 5 N–H and O–H groups in total. The van der Waals surface area contributed by atoms with Crippen LogP contribution in [0.15, 0.2) is 67.1 Å². The van der Waals surface area contributed by atoms with E-state index in [9.17, 15) is 48.9 Å². The van der Waals surface area contributed by atoms with E-state index in [1.165, 1.54) is 63.9 Å². The van der Waals surface area contributed by atoms with Gasteiger partial charge in [-0.2, -0.15) is 0 Å². The summed E-state index contributed by atoms with van der Waals surface area (Å²) in [5, 5.41) is 35.5. The Labute approximate surface area is 766 Å². The zero-order valence-corrected chi connectivity index (χ0v) is 80.4. The first-order valence-corrected chi connectivity index (χ1v) is 46.2. The van der Waals surface area contributed by atoms with Crippen LogP contribution in [0.4, 0.5) is 11.4 Å². The van der Waals surface area contributed by atoms with Crippen LogP contribution in [0.25, 0.3) is 0 Å². The van der Waals surface area contributed by atoms with Crippen molar-refractivity contribution in [1.82, 2.24) is 39.9 Å². The van der Waals surface area contributed by atoms with Crippen LogP contribution in [-0.4, -0.2) is 202 Å². The van der Waals surface area contributed by atoms with Gasteiger partial charge in [0.1, 0.15) is 21.3 Å². The van der Waals surface area contributed by atoms with E-state index < -0.39 is 17.2 Å². The maximum atomic E-state index is 14.2. The number of hydrogen-bond donors (Lipinski definition) is 4. The molecular formula is C93H133Cl3N11NaO11S2. The Morgan fingerprint density at radius 3 is 1.40 bits per heavy atom. The van der Waals surface area contributed by atoms with Gasteiger partial charge in [0.05, 0.1) is 38.1 Å². The first kappa shape index (κ1) is 104. The first-order valence-electron chi connectivity index (χ1n) is 43.5. The Balaban J connectivity index is 0.000000260. The number of nitrogens with two attached hydrogens (primary N) is 1. The average Bonchev–Trinajstić information content (AvgIpc) is 1.67. The number of aliphatic hydroxyl groups excluding tert-OH is 1. The summed E-state index contributed by atoms with van der Waals surface area (Å²) in [6.07, 6.45) is 23.9. The van der Waals surface area contributed by atoms with Crippen LogP contribution < -0.4 is 60.3 Å². The largest absolute Gasteiger partial charge is 1.00 e. The van der Waals surface area contributed by atoms with Crippen LogP contribution in [0.2, 0.25) is 10.3 Å². The van der Waals surface area contributed by atoms with Crippen LogP contribution in [0.5, 0.6) is 5.88 Å². The van der Waals surface area contributed by atoms with Gasteiger partial charge in [-0.3, -0.25) is 24.0 Å². The van der Waals surface area contributed by atoms with E-state index in [0.29, 0.717) is 130 Å². The minimum atomic E-state index is -1.29. The molecule has 0 atom stereocenters. The molecule has 3 amide bonds. The molecule has 0 spiro atoms. The minimum Gasteiger partial charge on any atom is -0.544 e. The summed E-state index contributed by atoms with van der Waals surface area (Å²) in [5.41, 5.74) is 7.70.